The normalized spacial score (nSPS) is 12.7. The molecule has 0 aromatic heterocycles. The lowest BCUT2D eigenvalue weighted by molar-refractivity contribution is -0.143. The van der Waals surface area contributed by atoms with Crippen LogP contribution in [0.15, 0.2) is 36.5 Å². The summed E-state index contributed by atoms with van der Waals surface area (Å²) < 4.78 is 5.51. The Morgan fingerprint density at radius 3 is 0.938 bits per heavy atom. The number of amides is 1. The highest BCUT2D eigenvalue weighted by atomic mass is 16.5. The van der Waals surface area contributed by atoms with Crippen molar-refractivity contribution in [3.8, 4) is 0 Å². The summed E-state index contributed by atoms with van der Waals surface area (Å²) in [6, 6.07) is -0.629. The van der Waals surface area contributed by atoms with Gasteiger partial charge < -0.3 is 20.3 Å². The Bertz CT molecular complexity index is 1310. The number of unbranched alkanes of at least 4 members (excludes halogenated alkanes) is 54. The summed E-state index contributed by atoms with van der Waals surface area (Å²) in [4.78, 5) is 24.6. The minimum absolute atomic E-state index is 0.0167. The van der Waals surface area contributed by atoms with E-state index in [-0.39, 0.29) is 18.5 Å². The van der Waals surface area contributed by atoms with Crippen LogP contribution in [0.5, 0.6) is 0 Å². The molecule has 0 rings (SSSR count). The second-order valence-corrected chi connectivity index (χ2v) is 25.3. The maximum absolute atomic E-state index is 12.5. The van der Waals surface area contributed by atoms with Crippen LogP contribution < -0.4 is 5.32 Å². The first kappa shape index (κ1) is 79.1. The number of esters is 1. The topological polar surface area (TPSA) is 95.9 Å². The van der Waals surface area contributed by atoms with E-state index >= 15 is 0 Å². The van der Waals surface area contributed by atoms with Gasteiger partial charge in [0.1, 0.15) is 0 Å². The van der Waals surface area contributed by atoms with Crippen molar-refractivity contribution in [1.82, 2.24) is 5.32 Å². The molecule has 0 aliphatic rings. The molecule has 0 radical (unpaired) electrons. The highest BCUT2D eigenvalue weighted by Gasteiger charge is 2.18. The van der Waals surface area contributed by atoms with Gasteiger partial charge in [-0.1, -0.05) is 365 Å². The Labute approximate surface area is 506 Å². The van der Waals surface area contributed by atoms with Gasteiger partial charge in [0, 0.05) is 12.8 Å². The second-order valence-electron chi connectivity index (χ2n) is 25.3. The number of ether oxygens (including phenoxy) is 1. The molecule has 0 saturated carbocycles. The zero-order chi connectivity index (χ0) is 58.5. The Kier molecular flexibility index (Phi) is 68.9. The predicted molar refractivity (Wildman–Crippen MR) is 356 cm³/mol. The molecule has 1 amide bonds. The molecule has 0 fully saturated rings. The third-order valence-corrected chi connectivity index (χ3v) is 17.2. The third kappa shape index (κ3) is 67.1. The molecule has 0 aromatic carbocycles. The fourth-order valence-corrected chi connectivity index (χ4v) is 11.6. The minimum Gasteiger partial charge on any atom is -0.466 e. The molecular weight excluding hydrogens is 995 g/mol. The SMILES string of the molecule is CCCCCCCCCCCCCCCCC/C=C/C(O)C(CO)NC(=O)CCCCCCCCCCCCCCC/C=C\C/C=C\CCCCCCCCCCCOC(=O)CCCCCCCCCCCCCCCCCCCC. The summed E-state index contributed by atoms with van der Waals surface area (Å²) in [5.41, 5.74) is 0. The molecule has 6 heteroatoms. The third-order valence-electron chi connectivity index (χ3n) is 17.2. The number of aliphatic hydroxyl groups excluding tert-OH is 2. The van der Waals surface area contributed by atoms with Crippen LogP contribution in [0.3, 0.4) is 0 Å². The van der Waals surface area contributed by atoms with E-state index in [2.05, 4.69) is 43.5 Å². The van der Waals surface area contributed by atoms with E-state index in [1.165, 1.54) is 334 Å². The van der Waals surface area contributed by atoms with E-state index in [1.54, 1.807) is 6.08 Å². The van der Waals surface area contributed by atoms with Crippen LogP contribution in [0.1, 0.15) is 406 Å². The Hall–Kier alpha value is -1.92. The van der Waals surface area contributed by atoms with Gasteiger partial charge in [0.25, 0.3) is 0 Å². The van der Waals surface area contributed by atoms with E-state index in [0.29, 0.717) is 19.4 Å². The predicted octanol–water partition coefficient (Wildman–Crippen LogP) is 23.9. The molecule has 0 aliphatic carbocycles. The smallest absolute Gasteiger partial charge is 0.305 e. The molecule has 0 heterocycles. The quantitative estimate of drug-likeness (QED) is 0.0320. The number of carbonyl (C=O) groups is 2. The van der Waals surface area contributed by atoms with Gasteiger partial charge in [-0.2, -0.15) is 0 Å². The van der Waals surface area contributed by atoms with Crippen molar-refractivity contribution < 1.29 is 24.5 Å². The van der Waals surface area contributed by atoms with Crippen molar-refractivity contribution >= 4 is 11.9 Å². The van der Waals surface area contributed by atoms with E-state index in [0.717, 1.165) is 44.9 Å². The molecule has 2 atom stereocenters. The summed E-state index contributed by atoms with van der Waals surface area (Å²) >= 11 is 0. The van der Waals surface area contributed by atoms with Crippen LogP contribution in [0.4, 0.5) is 0 Å². The minimum atomic E-state index is -0.846. The molecule has 0 aliphatic heterocycles. The van der Waals surface area contributed by atoms with Crippen molar-refractivity contribution in [2.45, 2.75) is 418 Å². The first-order chi connectivity index (χ1) is 40.0. The number of aliphatic hydroxyl groups is 2. The van der Waals surface area contributed by atoms with Crippen LogP contribution in [-0.2, 0) is 14.3 Å². The molecule has 0 spiro atoms. The lowest BCUT2D eigenvalue weighted by atomic mass is 10.0. The van der Waals surface area contributed by atoms with Gasteiger partial charge in [-0.15, -0.1) is 0 Å². The number of allylic oxidation sites excluding steroid dienone is 5. The average molecular weight is 1140 g/mol. The van der Waals surface area contributed by atoms with Gasteiger partial charge in [0.05, 0.1) is 25.4 Å². The zero-order valence-corrected chi connectivity index (χ0v) is 54.8. The summed E-state index contributed by atoms with van der Waals surface area (Å²) in [5, 5.41) is 23.2. The van der Waals surface area contributed by atoms with E-state index in [9.17, 15) is 19.8 Å². The number of carbonyl (C=O) groups excluding carboxylic acids is 2. The van der Waals surface area contributed by atoms with Gasteiger partial charge in [0.15, 0.2) is 0 Å². The molecule has 0 bridgehead atoms. The van der Waals surface area contributed by atoms with Crippen LogP contribution >= 0.6 is 0 Å². The van der Waals surface area contributed by atoms with Crippen molar-refractivity contribution in [3.05, 3.63) is 36.5 Å². The highest BCUT2D eigenvalue weighted by molar-refractivity contribution is 5.76. The van der Waals surface area contributed by atoms with Crippen molar-refractivity contribution in [3.63, 3.8) is 0 Å². The lowest BCUT2D eigenvalue weighted by Gasteiger charge is -2.20. The molecule has 6 nitrogen and oxygen atoms in total. The number of hydrogen-bond acceptors (Lipinski definition) is 5. The van der Waals surface area contributed by atoms with Gasteiger partial charge in [-0.3, -0.25) is 9.59 Å². The maximum atomic E-state index is 12.5. The van der Waals surface area contributed by atoms with Crippen molar-refractivity contribution in [2.75, 3.05) is 13.2 Å². The Balaban J connectivity index is 3.40. The van der Waals surface area contributed by atoms with Crippen molar-refractivity contribution in [1.29, 1.82) is 0 Å². The number of hydrogen-bond donors (Lipinski definition) is 3. The summed E-state index contributed by atoms with van der Waals surface area (Å²) in [7, 11) is 0. The second kappa shape index (κ2) is 70.6. The zero-order valence-electron chi connectivity index (χ0n) is 54.8. The van der Waals surface area contributed by atoms with E-state index in [4.69, 9.17) is 4.74 Å². The number of nitrogens with one attached hydrogen (secondary N) is 1. The van der Waals surface area contributed by atoms with Crippen molar-refractivity contribution in [2.24, 2.45) is 0 Å². The lowest BCUT2D eigenvalue weighted by Crippen LogP contribution is -2.45. The highest BCUT2D eigenvalue weighted by Crippen LogP contribution is 2.19. The summed E-state index contributed by atoms with van der Waals surface area (Å²) in [6.45, 7) is 4.94. The fourth-order valence-electron chi connectivity index (χ4n) is 11.6. The molecule has 478 valence electrons. The summed E-state index contributed by atoms with van der Waals surface area (Å²) in [5.74, 6) is -0.0495. The van der Waals surface area contributed by atoms with Gasteiger partial charge in [-0.25, -0.2) is 0 Å². The maximum Gasteiger partial charge on any atom is 0.305 e. The Morgan fingerprint density at radius 1 is 0.346 bits per heavy atom. The van der Waals surface area contributed by atoms with Gasteiger partial charge >= 0.3 is 5.97 Å². The molecule has 2 unspecified atom stereocenters. The van der Waals surface area contributed by atoms with Crippen LogP contribution in [-0.4, -0.2) is 47.4 Å². The van der Waals surface area contributed by atoms with Crippen LogP contribution in [0.25, 0.3) is 0 Å². The average Bonchev–Trinajstić information content (AvgIpc) is 3.47. The van der Waals surface area contributed by atoms with E-state index in [1.807, 2.05) is 6.08 Å². The monoisotopic (exact) mass is 1140 g/mol. The summed E-state index contributed by atoms with van der Waals surface area (Å²) in [6.07, 6.45) is 90.9. The fraction of sp³-hybridized carbons (Fsp3) is 0.893. The van der Waals surface area contributed by atoms with Gasteiger partial charge in [-0.05, 0) is 64.2 Å². The molecule has 0 saturated heterocycles. The van der Waals surface area contributed by atoms with Gasteiger partial charge in [0.2, 0.25) is 5.91 Å². The molecule has 3 N–H and O–H groups in total. The standard InChI is InChI=1S/C75H143NO5/c1-3-5-7-9-11-13-15-17-19-21-37-41-45-49-53-57-61-65-69-75(80)81-70-66-62-58-54-50-46-42-38-34-32-30-28-26-24-22-23-25-27-29-31-33-36-40-44-48-52-56-60-64-68-74(79)76-72(71-77)73(78)67-63-59-55-51-47-43-39-35-20-18-16-14-12-10-8-6-4-2/h22,24,28,30,63,67,72-73,77-78H,3-21,23,25-27,29,31-62,64-66,68-71H2,1-2H3,(H,76,79)/b24-22-,30-28-,67-63+. The van der Waals surface area contributed by atoms with E-state index < -0.39 is 12.1 Å². The number of rotatable bonds is 69. The molecule has 0 aromatic rings. The molecular formula is C75H143NO5. The first-order valence-electron chi connectivity index (χ1n) is 36.8. The first-order valence-corrected chi connectivity index (χ1v) is 36.8. The Morgan fingerprint density at radius 2 is 0.617 bits per heavy atom. The largest absolute Gasteiger partial charge is 0.466 e. The molecule has 81 heavy (non-hydrogen) atoms. The van der Waals surface area contributed by atoms with Crippen LogP contribution in [0.2, 0.25) is 0 Å². The van der Waals surface area contributed by atoms with Crippen LogP contribution in [0, 0.1) is 0 Å².